The number of carbonyl (C=O) groups is 1. The summed E-state index contributed by atoms with van der Waals surface area (Å²) >= 11 is 0. The van der Waals surface area contributed by atoms with E-state index in [2.05, 4.69) is 10.4 Å². The average molecular weight is 464 g/mol. The van der Waals surface area contributed by atoms with Crippen LogP contribution >= 0.6 is 0 Å². The zero-order valence-electron chi connectivity index (χ0n) is 19.0. The van der Waals surface area contributed by atoms with E-state index in [1.165, 1.54) is 11.7 Å². The number of aryl methyl sites for hydroxylation is 1. The molecule has 0 radical (unpaired) electrons. The molecule has 0 spiro atoms. The maximum Gasteiger partial charge on any atom is 0.419 e. The summed E-state index contributed by atoms with van der Waals surface area (Å²) < 4.78 is 18.8. The zero-order chi connectivity index (χ0) is 24.0. The van der Waals surface area contributed by atoms with Crippen LogP contribution in [0.2, 0.25) is 0 Å². The molecule has 10 nitrogen and oxygen atoms in total. The fourth-order valence-electron chi connectivity index (χ4n) is 4.25. The van der Waals surface area contributed by atoms with Crippen LogP contribution in [-0.2, 0) is 24.9 Å². The van der Waals surface area contributed by atoms with E-state index in [9.17, 15) is 14.7 Å². The number of aliphatic hydroxyl groups excluding tert-OH is 1. The smallest absolute Gasteiger partial charge is 0.419 e. The summed E-state index contributed by atoms with van der Waals surface area (Å²) in [7, 11) is 3.15. The van der Waals surface area contributed by atoms with E-state index in [4.69, 9.17) is 13.9 Å². The lowest BCUT2D eigenvalue weighted by Crippen LogP contribution is -2.21. The van der Waals surface area contributed by atoms with Crippen molar-refractivity contribution in [1.29, 1.82) is 0 Å². The molecule has 176 valence electrons. The average Bonchev–Trinajstić information content (AvgIpc) is 3.52. The van der Waals surface area contributed by atoms with Gasteiger partial charge in [0.1, 0.15) is 6.61 Å². The molecule has 10 heteroatoms. The second-order valence-electron chi connectivity index (χ2n) is 8.25. The molecule has 0 saturated heterocycles. The number of fused-ring (bicyclic) bond motifs is 2. The van der Waals surface area contributed by atoms with Gasteiger partial charge in [0.25, 0.3) is 0 Å². The van der Waals surface area contributed by atoms with Crippen molar-refractivity contribution in [3.05, 3.63) is 75.0 Å². The minimum atomic E-state index is -0.731. The van der Waals surface area contributed by atoms with Crippen LogP contribution in [-0.4, -0.2) is 39.1 Å². The summed E-state index contributed by atoms with van der Waals surface area (Å²) in [5.74, 6) is -0.339. The number of carbonyl (C=O) groups excluding carboxylic acids is 1. The number of hydrogen-bond donors (Lipinski definition) is 2. The van der Waals surface area contributed by atoms with Crippen LogP contribution in [0.3, 0.4) is 0 Å². The van der Waals surface area contributed by atoms with Crippen molar-refractivity contribution >= 4 is 17.1 Å². The van der Waals surface area contributed by atoms with Gasteiger partial charge in [0.05, 0.1) is 36.2 Å². The first-order valence-electron chi connectivity index (χ1n) is 10.8. The first-order valence-corrected chi connectivity index (χ1v) is 10.8. The van der Waals surface area contributed by atoms with Gasteiger partial charge in [-0.1, -0.05) is 6.07 Å². The van der Waals surface area contributed by atoms with Gasteiger partial charge in [0.15, 0.2) is 11.3 Å². The lowest BCUT2D eigenvalue weighted by Gasteiger charge is -2.16. The molecule has 5 rings (SSSR count). The molecule has 1 aliphatic heterocycles. The zero-order valence-corrected chi connectivity index (χ0v) is 19.0. The fourth-order valence-corrected chi connectivity index (χ4v) is 4.25. The van der Waals surface area contributed by atoms with Crippen LogP contribution in [0.15, 0.2) is 45.9 Å². The van der Waals surface area contributed by atoms with Crippen LogP contribution in [0, 0.1) is 6.92 Å². The Balaban J connectivity index is 1.28. The van der Waals surface area contributed by atoms with Gasteiger partial charge in [0, 0.05) is 43.5 Å². The molecule has 1 aliphatic rings. The Morgan fingerprint density at radius 1 is 1.29 bits per heavy atom. The predicted octanol–water partition coefficient (Wildman–Crippen LogP) is 2.13. The van der Waals surface area contributed by atoms with Crippen molar-refractivity contribution in [3.8, 4) is 11.4 Å². The van der Waals surface area contributed by atoms with E-state index in [0.717, 1.165) is 27.9 Å². The number of methoxy groups -OCH3 is 1. The summed E-state index contributed by atoms with van der Waals surface area (Å²) in [6.07, 6.45) is 2.86. The number of benzene rings is 2. The molecule has 3 heterocycles. The molecular weight excluding hydrogens is 440 g/mol. The van der Waals surface area contributed by atoms with E-state index in [1.807, 2.05) is 19.2 Å². The number of aliphatic hydroxyl groups is 1. The summed E-state index contributed by atoms with van der Waals surface area (Å²) in [6, 6.07) is 7.05. The molecule has 2 aromatic carbocycles. The van der Waals surface area contributed by atoms with Gasteiger partial charge in [-0.05, 0) is 30.2 Å². The molecule has 0 aliphatic carbocycles. The third kappa shape index (κ3) is 3.66. The minimum absolute atomic E-state index is 0.247. The Kier molecular flexibility index (Phi) is 5.46. The van der Waals surface area contributed by atoms with Crippen LogP contribution in [0.5, 0.6) is 5.75 Å². The van der Waals surface area contributed by atoms with Gasteiger partial charge in [0.2, 0.25) is 0 Å². The standard InChI is InChI=1S/C24H24N4O6/c1-13-16(4-5-17-18(13)12-33-23(17)30)20(29)10-25-8-14-9-26-28(11-14)15-6-19-22(21(7-15)32-3)34-24(31)27(19)2/h4-7,9,11,20,25,29H,8,10,12H2,1-3H3. The number of ether oxygens (including phenoxy) is 2. The highest BCUT2D eigenvalue weighted by Gasteiger charge is 2.25. The van der Waals surface area contributed by atoms with E-state index < -0.39 is 11.9 Å². The number of aromatic nitrogens is 3. The van der Waals surface area contributed by atoms with Gasteiger partial charge in [-0.2, -0.15) is 5.10 Å². The second-order valence-corrected chi connectivity index (χ2v) is 8.25. The largest absolute Gasteiger partial charge is 0.493 e. The highest BCUT2D eigenvalue weighted by molar-refractivity contribution is 5.94. The van der Waals surface area contributed by atoms with E-state index in [-0.39, 0.29) is 12.6 Å². The molecule has 0 saturated carbocycles. The molecular formula is C24H24N4O6. The molecule has 2 N–H and O–H groups in total. The fraction of sp³-hybridized carbons (Fsp3) is 0.292. The quantitative estimate of drug-likeness (QED) is 0.399. The van der Waals surface area contributed by atoms with Gasteiger partial charge >= 0.3 is 11.7 Å². The van der Waals surface area contributed by atoms with E-state index in [1.54, 1.807) is 36.1 Å². The van der Waals surface area contributed by atoms with Crippen LogP contribution < -0.4 is 15.8 Å². The van der Waals surface area contributed by atoms with Gasteiger partial charge in [-0.15, -0.1) is 0 Å². The maximum absolute atomic E-state index is 11.9. The number of oxazole rings is 1. The van der Waals surface area contributed by atoms with Gasteiger partial charge in [-0.3, -0.25) is 4.57 Å². The third-order valence-corrected chi connectivity index (χ3v) is 6.20. The van der Waals surface area contributed by atoms with Crippen molar-refractivity contribution in [1.82, 2.24) is 19.7 Å². The third-order valence-electron chi connectivity index (χ3n) is 6.20. The van der Waals surface area contributed by atoms with E-state index in [0.29, 0.717) is 35.5 Å². The van der Waals surface area contributed by atoms with Crippen LogP contribution in [0.25, 0.3) is 16.8 Å². The van der Waals surface area contributed by atoms with Crippen molar-refractivity contribution in [2.75, 3.05) is 13.7 Å². The lowest BCUT2D eigenvalue weighted by atomic mass is 9.95. The number of nitrogens with one attached hydrogen (secondary N) is 1. The second kappa shape index (κ2) is 8.47. The number of hydrogen-bond acceptors (Lipinski definition) is 8. The van der Waals surface area contributed by atoms with Crippen LogP contribution in [0.4, 0.5) is 0 Å². The predicted molar refractivity (Wildman–Crippen MR) is 122 cm³/mol. The summed E-state index contributed by atoms with van der Waals surface area (Å²) in [5, 5.41) is 18.3. The maximum atomic E-state index is 11.9. The first-order chi connectivity index (χ1) is 16.4. The molecule has 34 heavy (non-hydrogen) atoms. The summed E-state index contributed by atoms with van der Waals surface area (Å²) in [4.78, 5) is 23.6. The lowest BCUT2D eigenvalue weighted by molar-refractivity contribution is 0.0535. The minimum Gasteiger partial charge on any atom is -0.493 e. The van der Waals surface area contributed by atoms with Crippen molar-refractivity contribution in [2.24, 2.45) is 7.05 Å². The molecule has 2 aromatic heterocycles. The normalized spacial score (nSPS) is 13.8. The Morgan fingerprint density at radius 3 is 2.91 bits per heavy atom. The van der Waals surface area contributed by atoms with Crippen molar-refractivity contribution in [3.63, 3.8) is 0 Å². The van der Waals surface area contributed by atoms with Crippen molar-refractivity contribution < 1.29 is 23.8 Å². The highest BCUT2D eigenvalue weighted by atomic mass is 16.5. The highest BCUT2D eigenvalue weighted by Crippen LogP contribution is 2.30. The topological polar surface area (TPSA) is 121 Å². The molecule has 1 unspecified atom stereocenters. The SMILES string of the molecule is COc1cc(-n2cc(CNCC(O)c3ccc4c(c3C)COC4=O)cn2)cc2c1oc(=O)n2C. The summed E-state index contributed by atoms with van der Waals surface area (Å²) in [6.45, 7) is 2.96. The Hall–Kier alpha value is -3.89. The molecule has 4 aromatic rings. The Labute approximate surface area is 194 Å². The molecule has 0 bridgehead atoms. The molecule has 0 fully saturated rings. The summed E-state index contributed by atoms with van der Waals surface area (Å²) in [5.41, 5.74) is 5.68. The van der Waals surface area contributed by atoms with Gasteiger partial charge < -0.3 is 24.3 Å². The first kappa shape index (κ1) is 21.9. The molecule has 1 atom stereocenters. The monoisotopic (exact) mass is 464 g/mol. The number of esters is 1. The van der Waals surface area contributed by atoms with Crippen molar-refractivity contribution in [2.45, 2.75) is 26.2 Å². The Bertz CT molecular complexity index is 1460. The van der Waals surface area contributed by atoms with Gasteiger partial charge in [-0.25, -0.2) is 14.3 Å². The molecule has 0 amide bonds. The number of nitrogens with zero attached hydrogens (tertiary/aromatic N) is 3. The number of rotatable bonds is 7. The van der Waals surface area contributed by atoms with Crippen LogP contribution in [0.1, 0.15) is 38.7 Å². The number of cyclic esters (lactones) is 1. The van der Waals surface area contributed by atoms with E-state index >= 15 is 0 Å². The Morgan fingerprint density at radius 2 is 2.12 bits per heavy atom.